The van der Waals surface area contributed by atoms with E-state index in [1.807, 2.05) is 37.3 Å². The summed E-state index contributed by atoms with van der Waals surface area (Å²) in [5, 5.41) is 9.36. The molecule has 0 bridgehead atoms. The zero-order valence-electron chi connectivity index (χ0n) is 10.6. The van der Waals surface area contributed by atoms with Gasteiger partial charge < -0.3 is 9.84 Å². The van der Waals surface area contributed by atoms with Crippen LogP contribution in [0, 0.1) is 6.92 Å². The van der Waals surface area contributed by atoms with E-state index in [-0.39, 0.29) is 0 Å². The molecule has 3 heteroatoms. The van der Waals surface area contributed by atoms with Gasteiger partial charge in [-0.05, 0) is 24.1 Å². The molecule has 1 N–H and O–H groups in total. The number of hydrogen-bond donors (Lipinski definition) is 1. The lowest BCUT2D eigenvalue weighted by Crippen LogP contribution is -2.01. The maximum Gasteiger partial charge on any atom is 0.336 e. The number of aromatic carboxylic acids is 1. The summed E-state index contributed by atoms with van der Waals surface area (Å²) in [5.74, 6) is -0.0804. The predicted molar refractivity (Wildman–Crippen MR) is 72.8 cm³/mol. The van der Waals surface area contributed by atoms with Crippen molar-refractivity contribution in [3.05, 3.63) is 53.1 Å². The quantitative estimate of drug-likeness (QED) is 0.894. The van der Waals surface area contributed by atoms with Crippen molar-refractivity contribution in [3.63, 3.8) is 0 Å². The first-order valence-corrected chi connectivity index (χ1v) is 6.26. The van der Waals surface area contributed by atoms with Gasteiger partial charge in [0.05, 0.1) is 12.2 Å². The summed E-state index contributed by atoms with van der Waals surface area (Å²) >= 11 is 0. The second-order valence-corrected chi connectivity index (χ2v) is 4.75. The molecule has 0 saturated heterocycles. The lowest BCUT2D eigenvalue weighted by Gasteiger charge is -2.11. The van der Waals surface area contributed by atoms with Gasteiger partial charge in [0, 0.05) is 12.0 Å². The molecule has 2 aromatic carbocycles. The third-order valence-electron chi connectivity index (χ3n) is 3.41. The van der Waals surface area contributed by atoms with Crippen LogP contribution in [0.2, 0.25) is 0 Å². The number of fused-ring (bicyclic) bond motifs is 1. The van der Waals surface area contributed by atoms with Crippen LogP contribution in [-0.2, 0) is 6.42 Å². The number of benzene rings is 2. The maximum atomic E-state index is 11.4. The van der Waals surface area contributed by atoms with Crippen molar-refractivity contribution >= 4 is 5.97 Å². The average Bonchev–Trinajstić information content (AvgIpc) is 2.86. The van der Waals surface area contributed by atoms with E-state index in [9.17, 15) is 9.90 Å². The van der Waals surface area contributed by atoms with E-state index in [1.165, 1.54) is 0 Å². The molecule has 0 fully saturated rings. The van der Waals surface area contributed by atoms with Crippen LogP contribution in [0.1, 0.15) is 21.5 Å². The molecule has 3 nitrogen and oxygen atoms in total. The average molecular weight is 254 g/mol. The number of hydrogen-bond acceptors (Lipinski definition) is 2. The summed E-state index contributed by atoms with van der Waals surface area (Å²) in [4.78, 5) is 11.4. The molecule has 0 atom stereocenters. The summed E-state index contributed by atoms with van der Waals surface area (Å²) < 4.78 is 5.66. The Hall–Kier alpha value is -2.29. The first-order chi connectivity index (χ1) is 9.16. The van der Waals surface area contributed by atoms with E-state index in [2.05, 4.69) is 0 Å². The lowest BCUT2D eigenvalue weighted by atomic mass is 9.95. The zero-order valence-corrected chi connectivity index (χ0v) is 10.6. The largest absolute Gasteiger partial charge is 0.492 e. The molecule has 96 valence electrons. The van der Waals surface area contributed by atoms with Crippen LogP contribution in [0.15, 0.2) is 36.4 Å². The minimum atomic E-state index is -0.908. The Morgan fingerprint density at radius 2 is 2.05 bits per heavy atom. The van der Waals surface area contributed by atoms with Gasteiger partial charge in [-0.3, -0.25) is 0 Å². The lowest BCUT2D eigenvalue weighted by molar-refractivity contribution is 0.0697. The fraction of sp³-hybridized carbons (Fsp3) is 0.188. The highest BCUT2D eigenvalue weighted by atomic mass is 16.5. The number of para-hydroxylation sites is 1. The van der Waals surface area contributed by atoms with Crippen LogP contribution in [-0.4, -0.2) is 17.7 Å². The number of rotatable bonds is 2. The molecule has 0 aliphatic carbocycles. The summed E-state index contributed by atoms with van der Waals surface area (Å²) in [5.41, 5.74) is 4.00. The Kier molecular flexibility index (Phi) is 2.75. The molecule has 0 saturated carbocycles. The van der Waals surface area contributed by atoms with Crippen molar-refractivity contribution in [2.24, 2.45) is 0 Å². The maximum absolute atomic E-state index is 11.4. The highest BCUT2D eigenvalue weighted by molar-refractivity contribution is 5.97. The normalized spacial score (nSPS) is 12.9. The van der Waals surface area contributed by atoms with Crippen molar-refractivity contribution < 1.29 is 14.6 Å². The monoisotopic (exact) mass is 254 g/mol. The Morgan fingerprint density at radius 1 is 1.21 bits per heavy atom. The van der Waals surface area contributed by atoms with Crippen LogP contribution >= 0.6 is 0 Å². The van der Waals surface area contributed by atoms with E-state index in [1.54, 1.807) is 6.07 Å². The minimum Gasteiger partial charge on any atom is -0.492 e. The molecular formula is C16H14O3. The van der Waals surface area contributed by atoms with Gasteiger partial charge in [0.1, 0.15) is 5.75 Å². The van der Waals surface area contributed by atoms with E-state index >= 15 is 0 Å². The number of carboxylic acids is 1. The fourth-order valence-electron chi connectivity index (χ4n) is 2.50. The standard InChI is InChI=1S/C16H14O3/c1-10-5-6-12(14(9-10)16(17)18)13-4-2-3-11-7-8-19-15(11)13/h2-6,9H,7-8H2,1H3,(H,17,18). The van der Waals surface area contributed by atoms with Crippen LogP contribution in [0.25, 0.3) is 11.1 Å². The molecule has 1 aliphatic rings. The fourth-order valence-corrected chi connectivity index (χ4v) is 2.50. The Labute approximate surface area is 111 Å². The van der Waals surface area contributed by atoms with Gasteiger partial charge in [0.2, 0.25) is 0 Å². The van der Waals surface area contributed by atoms with E-state index in [0.29, 0.717) is 12.2 Å². The molecule has 0 spiro atoms. The van der Waals surface area contributed by atoms with Gasteiger partial charge in [-0.1, -0.05) is 35.9 Å². The Bertz CT molecular complexity index is 659. The first kappa shape index (κ1) is 11.8. The third kappa shape index (κ3) is 1.97. The summed E-state index contributed by atoms with van der Waals surface area (Å²) in [7, 11) is 0. The molecule has 0 unspecified atom stereocenters. The molecule has 3 rings (SSSR count). The Balaban J connectivity index is 2.23. The molecule has 1 heterocycles. The van der Waals surface area contributed by atoms with Crippen molar-refractivity contribution in [2.45, 2.75) is 13.3 Å². The van der Waals surface area contributed by atoms with Crippen LogP contribution < -0.4 is 4.74 Å². The third-order valence-corrected chi connectivity index (χ3v) is 3.41. The molecule has 0 amide bonds. The zero-order chi connectivity index (χ0) is 13.4. The molecule has 0 radical (unpaired) electrons. The van der Waals surface area contributed by atoms with Gasteiger partial charge in [0.15, 0.2) is 0 Å². The molecular weight excluding hydrogens is 240 g/mol. The number of carboxylic acid groups (broad SMARTS) is 1. The Morgan fingerprint density at radius 3 is 2.84 bits per heavy atom. The van der Waals surface area contributed by atoms with Crippen molar-refractivity contribution in [1.82, 2.24) is 0 Å². The van der Waals surface area contributed by atoms with Crippen LogP contribution in [0.5, 0.6) is 5.75 Å². The highest BCUT2D eigenvalue weighted by Crippen LogP contribution is 2.38. The number of ether oxygens (including phenoxy) is 1. The van der Waals surface area contributed by atoms with Crippen LogP contribution in [0.4, 0.5) is 0 Å². The smallest absolute Gasteiger partial charge is 0.336 e. The van der Waals surface area contributed by atoms with Crippen molar-refractivity contribution in [3.8, 4) is 16.9 Å². The predicted octanol–water partition coefficient (Wildman–Crippen LogP) is 3.30. The van der Waals surface area contributed by atoms with Crippen molar-refractivity contribution in [2.75, 3.05) is 6.61 Å². The van der Waals surface area contributed by atoms with Gasteiger partial charge in [-0.2, -0.15) is 0 Å². The number of aryl methyl sites for hydroxylation is 1. The summed E-state index contributed by atoms with van der Waals surface area (Å²) in [6.07, 6.45) is 0.886. The first-order valence-electron chi connectivity index (χ1n) is 6.26. The topological polar surface area (TPSA) is 46.5 Å². The van der Waals surface area contributed by atoms with Gasteiger partial charge in [-0.15, -0.1) is 0 Å². The van der Waals surface area contributed by atoms with Gasteiger partial charge >= 0.3 is 5.97 Å². The van der Waals surface area contributed by atoms with Crippen LogP contribution in [0.3, 0.4) is 0 Å². The van der Waals surface area contributed by atoms with E-state index in [0.717, 1.165) is 34.4 Å². The molecule has 2 aromatic rings. The molecule has 19 heavy (non-hydrogen) atoms. The summed E-state index contributed by atoms with van der Waals surface area (Å²) in [6, 6.07) is 11.4. The minimum absolute atomic E-state index is 0.323. The second kappa shape index (κ2) is 4.43. The van der Waals surface area contributed by atoms with Crippen molar-refractivity contribution in [1.29, 1.82) is 0 Å². The molecule has 0 aromatic heterocycles. The second-order valence-electron chi connectivity index (χ2n) is 4.75. The van der Waals surface area contributed by atoms with Gasteiger partial charge in [0.25, 0.3) is 0 Å². The number of carbonyl (C=O) groups is 1. The van der Waals surface area contributed by atoms with E-state index < -0.39 is 5.97 Å². The highest BCUT2D eigenvalue weighted by Gasteiger charge is 2.20. The van der Waals surface area contributed by atoms with Gasteiger partial charge in [-0.25, -0.2) is 4.79 Å². The van der Waals surface area contributed by atoms with E-state index in [4.69, 9.17) is 4.74 Å². The SMILES string of the molecule is Cc1ccc(-c2cccc3c2OCC3)c(C(=O)O)c1. The summed E-state index contributed by atoms with van der Waals surface area (Å²) in [6.45, 7) is 2.56. The molecule has 1 aliphatic heterocycles.